The van der Waals surface area contributed by atoms with E-state index in [4.69, 9.17) is 4.74 Å². The minimum absolute atomic E-state index is 0.124. The minimum Gasteiger partial charge on any atom is -0.451 e. The van der Waals surface area contributed by atoms with E-state index in [9.17, 15) is 18.0 Å². The molecule has 0 aliphatic rings. The Bertz CT molecular complexity index is 557. The highest BCUT2D eigenvalue weighted by Gasteiger charge is 2.16. The third-order valence-electron chi connectivity index (χ3n) is 2.37. The largest absolute Gasteiger partial charge is 0.451 e. The summed E-state index contributed by atoms with van der Waals surface area (Å²) in [6.07, 6.45) is 0.269. The number of ether oxygens (including phenoxy) is 1. The van der Waals surface area contributed by atoms with Gasteiger partial charge >= 0.3 is 5.97 Å². The second kappa shape index (κ2) is 5.30. The standard InChI is InChI=1S/C12H14O5S/c1-8(13)9(2)17-12(14)10-4-6-11(7-5-10)18(3,15)16/h4-7,9H,1-3H3. The van der Waals surface area contributed by atoms with Crippen LogP contribution in [0.1, 0.15) is 24.2 Å². The van der Waals surface area contributed by atoms with E-state index in [1.807, 2.05) is 0 Å². The molecule has 6 heteroatoms. The van der Waals surface area contributed by atoms with E-state index in [1.165, 1.54) is 38.1 Å². The average molecular weight is 270 g/mol. The normalized spacial score (nSPS) is 12.8. The molecule has 1 atom stereocenters. The van der Waals surface area contributed by atoms with Gasteiger partial charge in [0.15, 0.2) is 21.7 Å². The van der Waals surface area contributed by atoms with Crippen LogP contribution in [-0.2, 0) is 19.4 Å². The van der Waals surface area contributed by atoms with E-state index >= 15 is 0 Å². The molecular formula is C12H14O5S. The van der Waals surface area contributed by atoms with Gasteiger partial charge in [0.2, 0.25) is 0 Å². The Hall–Kier alpha value is -1.69. The second-order valence-electron chi connectivity index (χ2n) is 3.95. The van der Waals surface area contributed by atoms with Gasteiger partial charge in [-0.15, -0.1) is 0 Å². The van der Waals surface area contributed by atoms with Crippen LogP contribution in [0, 0.1) is 0 Å². The molecule has 0 heterocycles. The van der Waals surface area contributed by atoms with E-state index < -0.39 is 21.9 Å². The van der Waals surface area contributed by atoms with Crippen molar-refractivity contribution in [1.29, 1.82) is 0 Å². The van der Waals surface area contributed by atoms with Gasteiger partial charge in [0.1, 0.15) is 0 Å². The molecule has 0 amide bonds. The van der Waals surface area contributed by atoms with Gasteiger partial charge in [-0.05, 0) is 38.1 Å². The molecule has 0 fully saturated rings. The Balaban J connectivity index is 2.86. The number of esters is 1. The fourth-order valence-corrected chi connectivity index (χ4v) is 1.78. The maximum Gasteiger partial charge on any atom is 0.338 e. The molecule has 0 aliphatic carbocycles. The first-order chi connectivity index (χ1) is 8.21. The first kappa shape index (κ1) is 14.4. The van der Waals surface area contributed by atoms with E-state index in [-0.39, 0.29) is 16.2 Å². The van der Waals surface area contributed by atoms with Gasteiger partial charge in [-0.25, -0.2) is 13.2 Å². The first-order valence-electron chi connectivity index (χ1n) is 5.23. The molecule has 1 aromatic carbocycles. The van der Waals surface area contributed by atoms with Gasteiger partial charge in [0, 0.05) is 6.26 Å². The summed E-state index contributed by atoms with van der Waals surface area (Å²) in [4.78, 5) is 22.7. The zero-order valence-electron chi connectivity index (χ0n) is 10.3. The van der Waals surface area contributed by atoms with Crippen LogP contribution in [-0.4, -0.2) is 32.5 Å². The summed E-state index contributed by atoms with van der Waals surface area (Å²) in [7, 11) is -3.29. The number of rotatable bonds is 4. The van der Waals surface area contributed by atoms with E-state index in [0.717, 1.165) is 6.26 Å². The number of benzene rings is 1. The maximum absolute atomic E-state index is 11.6. The number of ketones is 1. The Kier molecular flexibility index (Phi) is 4.24. The van der Waals surface area contributed by atoms with E-state index in [0.29, 0.717) is 0 Å². The van der Waals surface area contributed by atoms with Gasteiger partial charge < -0.3 is 4.74 Å². The van der Waals surface area contributed by atoms with Crippen LogP contribution in [0.3, 0.4) is 0 Å². The van der Waals surface area contributed by atoms with Gasteiger partial charge in [-0.3, -0.25) is 4.79 Å². The molecule has 1 unspecified atom stereocenters. The van der Waals surface area contributed by atoms with Crippen molar-refractivity contribution >= 4 is 21.6 Å². The number of hydrogen-bond donors (Lipinski definition) is 0. The monoisotopic (exact) mass is 270 g/mol. The summed E-state index contributed by atoms with van der Waals surface area (Å²) in [5, 5.41) is 0. The summed E-state index contributed by atoms with van der Waals surface area (Å²) < 4.78 is 27.3. The van der Waals surface area contributed by atoms with Crippen LogP contribution in [0.25, 0.3) is 0 Å². The smallest absolute Gasteiger partial charge is 0.338 e. The quantitative estimate of drug-likeness (QED) is 0.769. The molecule has 0 saturated heterocycles. The Morgan fingerprint density at radius 2 is 1.67 bits per heavy atom. The van der Waals surface area contributed by atoms with Gasteiger partial charge in [-0.2, -0.15) is 0 Å². The molecule has 0 N–H and O–H groups in total. The highest BCUT2D eigenvalue weighted by atomic mass is 32.2. The highest BCUT2D eigenvalue weighted by molar-refractivity contribution is 7.90. The van der Waals surface area contributed by atoms with Crippen molar-refractivity contribution in [1.82, 2.24) is 0 Å². The first-order valence-corrected chi connectivity index (χ1v) is 7.12. The van der Waals surface area contributed by atoms with E-state index in [1.54, 1.807) is 0 Å². The Morgan fingerprint density at radius 3 is 2.06 bits per heavy atom. The van der Waals surface area contributed by atoms with Crippen LogP contribution in [0.15, 0.2) is 29.2 Å². The average Bonchev–Trinajstić information content (AvgIpc) is 2.27. The highest BCUT2D eigenvalue weighted by Crippen LogP contribution is 2.11. The number of carbonyl (C=O) groups excluding carboxylic acids is 2. The molecule has 0 radical (unpaired) electrons. The summed E-state index contributed by atoms with van der Waals surface area (Å²) in [6.45, 7) is 2.80. The third kappa shape index (κ3) is 3.66. The Labute approximate surface area is 106 Å². The topological polar surface area (TPSA) is 77.5 Å². The molecular weight excluding hydrogens is 256 g/mol. The fourth-order valence-electron chi connectivity index (χ4n) is 1.15. The summed E-state index contributed by atoms with van der Waals surface area (Å²) in [5.41, 5.74) is 0.204. The molecule has 0 bridgehead atoms. The summed E-state index contributed by atoms with van der Waals surface area (Å²) in [5.74, 6) is -0.908. The molecule has 0 saturated carbocycles. The SMILES string of the molecule is CC(=O)C(C)OC(=O)c1ccc(S(C)(=O)=O)cc1. The van der Waals surface area contributed by atoms with Crippen LogP contribution in [0.2, 0.25) is 0 Å². The second-order valence-corrected chi connectivity index (χ2v) is 5.97. The lowest BCUT2D eigenvalue weighted by molar-refractivity contribution is -0.124. The van der Waals surface area contributed by atoms with Crippen molar-refractivity contribution < 1.29 is 22.7 Å². The molecule has 5 nitrogen and oxygen atoms in total. The van der Waals surface area contributed by atoms with Crippen LogP contribution >= 0.6 is 0 Å². The number of carbonyl (C=O) groups is 2. The van der Waals surface area contributed by atoms with Crippen molar-refractivity contribution in [2.75, 3.05) is 6.26 Å². The van der Waals surface area contributed by atoms with Crippen molar-refractivity contribution in [3.8, 4) is 0 Å². The lowest BCUT2D eigenvalue weighted by atomic mass is 10.2. The fraction of sp³-hybridized carbons (Fsp3) is 0.333. The molecule has 0 aromatic heterocycles. The zero-order chi connectivity index (χ0) is 13.9. The minimum atomic E-state index is -3.29. The lowest BCUT2D eigenvalue weighted by Gasteiger charge is -2.09. The molecule has 0 spiro atoms. The maximum atomic E-state index is 11.6. The van der Waals surface area contributed by atoms with Crippen LogP contribution in [0.4, 0.5) is 0 Å². The van der Waals surface area contributed by atoms with Crippen LogP contribution in [0.5, 0.6) is 0 Å². The van der Waals surface area contributed by atoms with Crippen molar-refractivity contribution in [3.63, 3.8) is 0 Å². The predicted molar refractivity (Wildman–Crippen MR) is 65.1 cm³/mol. The number of sulfone groups is 1. The molecule has 1 rings (SSSR count). The van der Waals surface area contributed by atoms with E-state index in [2.05, 4.69) is 0 Å². The third-order valence-corrected chi connectivity index (χ3v) is 3.50. The predicted octanol–water partition coefficient (Wildman–Crippen LogP) is 1.22. The van der Waals surface area contributed by atoms with Gasteiger partial charge in [0.05, 0.1) is 10.5 Å². The lowest BCUT2D eigenvalue weighted by Crippen LogP contribution is -2.21. The van der Waals surface area contributed by atoms with Crippen molar-refractivity contribution in [2.45, 2.75) is 24.8 Å². The molecule has 0 aliphatic heterocycles. The zero-order valence-corrected chi connectivity index (χ0v) is 11.2. The van der Waals surface area contributed by atoms with Gasteiger partial charge in [0.25, 0.3) is 0 Å². The number of hydrogen-bond acceptors (Lipinski definition) is 5. The van der Waals surface area contributed by atoms with Gasteiger partial charge in [-0.1, -0.05) is 0 Å². The van der Waals surface area contributed by atoms with Crippen molar-refractivity contribution in [3.05, 3.63) is 29.8 Å². The Morgan fingerprint density at radius 1 is 1.17 bits per heavy atom. The molecule has 18 heavy (non-hydrogen) atoms. The van der Waals surface area contributed by atoms with Crippen molar-refractivity contribution in [2.24, 2.45) is 0 Å². The van der Waals surface area contributed by atoms with Crippen LogP contribution < -0.4 is 0 Å². The molecule has 1 aromatic rings. The molecule has 98 valence electrons. The number of Topliss-reactive ketones (excluding diaryl/α,β-unsaturated/α-hetero) is 1. The summed E-state index contributed by atoms with van der Waals surface area (Å²) >= 11 is 0. The summed E-state index contributed by atoms with van der Waals surface area (Å²) in [6, 6.07) is 5.35.